The maximum Gasteiger partial charge on any atom is 0.304 e. The van der Waals surface area contributed by atoms with Crippen molar-refractivity contribution in [3.63, 3.8) is 0 Å². The van der Waals surface area contributed by atoms with Crippen molar-refractivity contribution in [1.29, 1.82) is 0 Å². The van der Waals surface area contributed by atoms with E-state index in [-0.39, 0.29) is 18.2 Å². The van der Waals surface area contributed by atoms with Gasteiger partial charge in [-0.05, 0) is 44.1 Å². The molecule has 0 aromatic heterocycles. The number of carbonyl (C=O) groups is 1. The first-order chi connectivity index (χ1) is 9.97. The number of hydrogen-bond acceptors (Lipinski definition) is 3. The Morgan fingerprint density at radius 3 is 2.71 bits per heavy atom. The molecule has 118 valence electrons. The van der Waals surface area contributed by atoms with Gasteiger partial charge >= 0.3 is 5.97 Å². The molecular formula is C16H24FNO3. The van der Waals surface area contributed by atoms with Crippen molar-refractivity contribution in [3.8, 4) is 5.75 Å². The number of methoxy groups -OCH3 is 1. The zero-order valence-corrected chi connectivity index (χ0v) is 12.9. The third-order valence-corrected chi connectivity index (χ3v) is 3.59. The summed E-state index contributed by atoms with van der Waals surface area (Å²) in [5.74, 6) is -1.05. The van der Waals surface area contributed by atoms with E-state index < -0.39 is 11.8 Å². The average molecular weight is 297 g/mol. The van der Waals surface area contributed by atoms with Crippen molar-refractivity contribution < 1.29 is 19.0 Å². The predicted octanol–water partition coefficient (Wildman–Crippen LogP) is 2.95. The molecule has 0 saturated heterocycles. The number of nitrogens with zero attached hydrogens (tertiary/aromatic N) is 1. The summed E-state index contributed by atoms with van der Waals surface area (Å²) in [5.41, 5.74) is 0.780. The normalized spacial score (nSPS) is 12.4. The summed E-state index contributed by atoms with van der Waals surface area (Å²) in [5, 5.41) is 9.05. The first-order valence-corrected chi connectivity index (χ1v) is 7.22. The Kier molecular flexibility index (Phi) is 7.15. The highest BCUT2D eigenvalue weighted by atomic mass is 19.1. The summed E-state index contributed by atoms with van der Waals surface area (Å²) in [6, 6.07) is 4.64. The van der Waals surface area contributed by atoms with Crippen LogP contribution >= 0.6 is 0 Å². The zero-order chi connectivity index (χ0) is 15.8. The molecule has 1 aromatic carbocycles. The fourth-order valence-corrected chi connectivity index (χ4v) is 2.28. The van der Waals surface area contributed by atoms with Crippen LogP contribution in [0.2, 0.25) is 0 Å². The topological polar surface area (TPSA) is 49.8 Å². The Morgan fingerprint density at radius 1 is 1.48 bits per heavy atom. The Labute approximate surface area is 125 Å². The maximum absolute atomic E-state index is 13.7. The van der Waals surface area contributed by atoms with E-state index in [9.17, 15) is 9.18 Å². The average Bonchev–Trinajstić information content (AvgIpc) is 2.43. The second kappa shape index (κ2) is 8.62. The minimum Gasteiger partial charge on any atom is -0.494 e. The second-order valence-corrected chi connectivity index (χ2v) is 5.26. The molecule has 0 aliphatic heterocycles. The number of benzene rings is 1. The third-order valence-electron chi connectivity index (χ3n) is 3.59. The van der Waals surface area contributed by atoms with E-state index in [0.717, 1.165) is 24.9 Å². The van der Waals surface area contributed by atoms with E-state index in [2.05, 4.69) is 6.92 Å². The van der Waals surface area contributed by atoms with Gasteiger partial charge in [0.05, 0.1) is 13.5 Å². The van der Waals surface area contributed by atoms with Gasteiger partial charge in [0.25, 0.3) is 0 Å². The number of rotatable bonds is 9. The number of aliphatic carboxylic acids is 1. The zero-order valence-electron chi connectivity index (χ0n) is 12.9. The number of hydrogen-bond donors (Lipinski definition) is 1. The fraction of sp³-hybridized carbons (Fsp3) is 0.562. The van der Waals surface area contributed by atoms with Crippen molar-refractivity contribution in [2.24, 2.45) is 0 Å². The molecule has 1 N–H and O–H groups in total. The Bertz CT molecular complexity index is 465. The number of likely N-dealkylation sites (N-methyl/N-ethyl adjacent to an activating group) is 1. The van der Waals surface area contributed by atoms with Gasteiger partial charge in [0.1, 0.15) is 0 Å². The summed E-state index contributed by atoms with van der Waals surface area (Å²) >= 11 is 0. The van der Waals surface area contributed by atoms with E-state index in [1.807, 2.05) is 11.9 Å². The molecule has 1 unspecified atom stereocenters. The molecule has 1 aromatic rings. The largest absolute Gasteiger partial charge is 0.494 e. The molecule has 0 spiro atoms. The molecule has 1 rings (SSSR count). The Hall–Kier alpha value is -1.62. The molecule has 0 saturated carbocycles. The summed E-state index contributed by atoms with van der Waals surface area (Å²) in [4.78, 5) is 13.1. The molecule has 0 radical (unpaired) electrons. The molecule has 0 amide bonds. The standard InChI is InChI=1S/C16H24FNO3/c1-4-5-8-18(2)13(11-16(19)20)9-12-6-7-15(21-3)14(17)10-12/h6-7,10,13H,4-5,8-9,11H2,1-3H3,(H,19,20). The predicted molar refractivity (Wildman–Crippen MR) is 80.2 cm³/mol. The van der Waals surface area contributed by atoms with Gasteiger partial charge in [-0.15, -0.1) is 0 Å². The highest BCUT2D eigenvalue weighted by Crippen LogP contribution is 2.20. The molecule has 0 bridgehead atoms. The monoisotopic (exact) mass is 297 g/mol. The van der Waals surface area contributed by atoms with Crippen molar-refractivity contribution in [1.82, 2.24) is 4.90 Å². The molecule has 1 atom stereocenters. The number of carboxylic acid groups (broad SMARTS) is 1. The maximum atomic E-state index is 13.7. The molecular weight excluding hydrogens is 273 g/mol. The van der Waals surface area contributed by atoms with Crippen LogP contribution in [0.5, 0.6) is 5.75 Å². The SMILES string of the molecule is CCCCN(C)C(CC(=O)O)Cc1ccc(OC)c(F)c1. The van der Waals surface area contributed by atoms with Crippen LogP contribution in [0.4, 0.5) is 4.39 Å². The van der Waals surface area contributed by atoms with E-state index in [0.29, 0.717) is 6.42 Å². The lowest BCUT2D eigenvalue weighted by Gasteiger charge is -2.27. The van der Waals surface area contributed by atoms with Crippen LogP contribution in [0.25, 0.3) is 0 Å². The van der Waals surface area contributed by atoms with Crippen LogP contribution in [0, 0.1) is 5.82 Å². The number of ether oxygens (including phenoxy) is 1. The number of carboxylic acids is 1. The minimum absolute atomic E-state index is 0.0495. The van der Waals surface area contributed by atoms with Crippen LogP contribution in [-0.2, 0) is 11.2 Å². The van der Waals surface area contributed by atoms with E-state index in [4.69, 9.17) is 9.84 Å². The number of unbranched alkanes of at least 4 members (excludes halogenated alkanes) is 1. The molecule has 0 aliphatic rings. The van der Waals surface area contributed by atoms with Gasteiger partial charge in [-0.25, -0.2) is 4.39 Å². The van der Waals surface area contributed by atoms with Crippen LogP contribution in [0.1, 0.15) is 31.7 Å². The van der Waals surface area contributed by atoms with Crippen LogP contribution in [0.3, 0.4) is 0 Å². The summed E-state index contributed by atoms with van der Waals surface area (Å²) in [7, 11) is 3.34. The summed E-state index contributed by atoms with van der Waals surface area (Å²) < 4.78 is 18.6. The molecule has 0 fully saturated rings. The van der Waals surface area contributed by atoms with Crippen LogP contribution in [-0.4, -0.2) is 42.7 Å². The van der Waals surface area contributed by atoms with Crippen LogP contribution < -0.4 is 4.74 Å². The van der Waals surface area contributed by atoms with Gasteiger partial charge in [0.15, 0.2) is 11.6 Å². The minimum atomic E-state index is -0.836. The highest BCUT2D eigenvalue weighted by Gasteiger charge is 2.19. The lowest BCUT2D eigenvalue weighted by Crippen LogP contribution is -2.36. The third kappa shape index (κ3) is 5.71. The Morgan fingerprint density at radius 2 is 2.19 bits per heavy atom. The van der Waals surface area contributed by atoms with Gasteiger partial charge in [-0.1, -0.05) is 19.4 Å². The van der Waals surface area contributed by atoms with Gasteiger partial charge in [0, 0.05) is 6.04 Å². The Balaban J connectivity index is 2.79. The highest BCUT2D eigenvalue weighted by molar-refractivity contribution is 5.67. The molecule has 0 aliphatic carbocycles. The van der Waals surface area contributed by atoms with E-state index in [1.165, 1.54) is 13.2 Å². The van der Waals surface area contributed by atoms with Crippen molar-refractivity contribution >= 4 is 5.97 Å². The van der Waals surface area contributed by atoms with Gasteiger partial charge in [-0.2, -0.15) is 0 Å². The summed E-state index contributed by atoms with van der Waals surface area (Å²) in [6.07, 6.45) is 2.63. The smallest absolute Gasteiger partial charge is 0.304 e. The fourth-order valence-electron chi connectivity index (χ4n) is 2.28. The molecule has 0 heterocycles. The first kappa shape index (κ1) is 17.4. The van der Waals surface area contributed by atoms with Crippen LogP contribution in [0.15, 0.2) is 18.2 Å². The molecule has 5 heteroatoms. The van der Waals surface area contributed by atoms with E-state index >= 15 is 0 Å². The van der Waals surface area contributed by atoms with Crippen molar-refractivity contribution in [3.05, 3.63) is 29.6 Å². The quantitative estimate of drug-likeness (QED) is 0.761. The molecule has 21 heavy (non-hydrogen) atoms. The molecule has 4 nitrogen and oxygen atoms in total. The lowest BCUT2D eigenvalue weighted by atomic mass is 10.0. The number of halogens is 1. The van der Waals surface area contributed by atoms with E-state index in [1.54, 1.807) is 12.1 Å². The van der Waals surface area contributed by atoms with Gasteiger partial charge in [-0.3, -0.25) is 4.79 Å². The second-order valence-electron chi connectivity index (χ2n) is 5.26. The first-order valence-electron chi connectivity index (χ1n) is 7.22. The van der Waals surface area contributed by atoms with Crippen molar-refractivity contribution in [2.75, 3.05) is 20.7 Å². The summed E-state index contributed by atoms with van der Waals surface area (Å²) in [6.45, 7) is 2.94. The van der Waals surface area contributed by atoms with Gasteiger partial charge in [0.2, 0.25) is 0 Å². The lowest BCUT2D eigenvalue weighted by molar-refractivity contribution is -0.138. The van der Waals surface area contributed by atoms with Gasteiger partial charge < -0.3 is 14.7 Å². The van der Waals surface area contributed by atoms with Crippen molar-refractivity contribution in [2.45, 2.75) is 38.6 Å².